The van der Waals surface area contributed by atoms with Gasteiger partial charge in [0.1, 0.15) is 23.2 Å². The second-order valence-electron chi connectivity index (χ2n) is 9.39. The molecule has 182 valence electrons. The summed E-state index contributed by atoms with van der Waals surface area (Å²) in [6.45, 7) is 9.33. The molecule has 3 rings (SSSR count). The minimum absolute atomic E-state index is 0.00549. The van der Waals surface area contributed by atoms with E-state index < -0.39 is 29.1 Å². The van der Waals surface area contributed by atoms with E-state index in [2.05, 4.69) is 5.32 Å². The van der Waals surface area contributed by atoms with E-state index in [1.165, 1.54) is 6.07 Å². The van der Waals surface area contributed by atoms with Crippen molar-refractivity contribution in [3.63, 3.8) is 0 Å². The summed E-state index contributed by atoms with van der Waals surface area (Å²) < 4.78 is 33.7. The molecule has 0 spiro atoms. The number of amides is 3. The summed E-state index contributed by atoms with van der Waals surface area (Å²) >= 11 is 0. The van der Waals surface area contributed by atoms with Crippen molar-refractivity contribution in [2.45, 2.75) is 58.8 Å². The molecule has 2 fully saturated rings. The maximum absolute atomic E-state index is 14.0. The first-order valence-corrected chi connectivity index (χ1v) is 11.6. The lowest BCUT2D eigenvalue weighted by molar-refractivity contribution is -0.150. The smallest absolute Gasteiger partial charge is 0.257 e. The number of carbonyl (C=O) groups is 3. The predicted octanol–water partition coefficient (Wildman–Crippen LogP) is 2.59. The number of morpholine rings is 1. The average molecular weight is 466 g/mol. The fraction of sp³-hybridized carbons (Fsp3) is 0.625. The summed E-state index contributed by atoms with van der Waals surface area (Å²) in [7, 11) is 0. The molecule has 0 aliphatic carbocycles. The van der Waals surface area contributed by atoms with Crippen LogP contribution in [0.2, 0.25) is 0 Å². The summed E-state index contributed by atoms with van der Waals surface area (Å²) in [6.07, 6.45) is 1.06. The largest absolute Gasteiger partial charge is 0.372 e. The van der Waals surface area contributed by atoms with Crippen LogP contribution in [0.5, 0.6) is 0 Å². The number of halogens is 2. The molecule has 33 heavy (non-hydrogen) atoms. The van der Waals surface area contributed by atoms with Crippen LogP contribution in [-0.4, -0.2) is 72.0 Å². The maximum Gasteiger partial charge on any atom is 0.257 e. The van der Waals surface area contributed by atoms with Gasteiger partial charge in [-0.3, -0.25) is 14.4 Å². The fourth-order valence-electron chi connectivity index (χ4n) is 4.60. The zero-order valence-corrected chi connectivity index (χ0v) is 19.6. The second kappa shape index (κ2) is 10.6. The molecular weight excluding hydrogens is 432 g/mol. The summed E-state index contributed by atoms with van der Waals surface area (Å²) in [5.41, 5.74) is -0.700. The van der Waals surface area contributed by atoms with E-state index in [0.29, 0.717) is 39.0 Å². The van der Waals surface area contributed by atoms with Crippen LogP contribution in [0.25, 0.3) is 0 Å². The highest BCUT2D eigenvalue weighted by molar-refractivity contribution is 5.98. The summed E-state index contributed by atoms with van der Waals surface area (Å²) in [5, 5.41) is 2.51. The van der Waals surface area contributed by atoms with Crippen LogP contribution in [0, 0.1) is 23.5 Å². The quantitative estimate of drug-likeness (QED) is 0.725. The third-order valence-corrected chi connectivity index (χ3v) is 6.30. The van der Waals surface area contributed by atoms with E-state index in [1.807, 2.05) is 18.7 Å². The fourth-order valence-corrected chi connectivity index (χ4v) is 4.60. The van der Waals surface area contributed by atoms with Gasteiger partial charge in [0.05, 0.1) is 12.2 Å². The molecule has 3 atom stereocenters. The van der Waals surface area contributed by atoms with Crippen LogP contribution in [0.1, 0.15) is 50.9 Å². The first kappa shape index (κ1) is 25.1. The highest BCUT2D eigenvalue weighted by Gasteiger charge is 2.36. The monoisotopic (exact) mass is 465 g/mol. The Kier molecular flexibility index (Phi) is 8.05. The van der Waals surface area contributed by atoms with Crippen molar-refractivity contribution in [1.29, 1.82) is 0 Å². The predicted molar refractivity (Wildman–Crippen MR) is 118 cm³/mol. The molecule has 0 aromatic heterocycles. The van der Waals surface area contributed by atoms with E-state index in [9.17, 15) is 23.2 Å². The van der Waals surface area contributed by atoms with Gasteiger partial charge >= 0.3 is 0 Å². The van der Waals surface area contributed by atoms with Crippen molar-refractivity contribution >= 4 is 17.7 Å². The third kappa shape index (κ3) is 5.88. The molecule has 2 aliphatic heterocycles. The van der Waals surface area contributed by atoms with Gasteiger partial charge in [0.2, 0.25) is 11.8 Å². The van der Waals surface area contributed by atoms with Gasteiger partial charge in [0, 0.05) is 32.1 Å². The Morgan fingerprint density at radius 3 is 2.06 bits per heavy atom. The highest BCUT2D eigenvalue weighted by Crippen LogP contribution is 2.23. The number of ether oxygens (including phenoxy) is 1. The molecule has 2 aliphatic rings. The SMILES string of the molecule is CC1CN(C(=O)C2CCN(C(=O)[C@@H](NC(=O)c3c(F)cccc3F)C(C)C)CC2)CC(C)O1. The van der Waals surface area contributed by atoms with Gasteiger partial charge in [-0.2, -0.15) is 0 Å². The van der Waals surface area contributed by atoms with Gasteiger partial charge < -0.3 is 19.9 Å². The number of benzene rings is 1. The Morgan fingerprint density at radius 2 is 1.55 bits per heavy atom. The van der Waals surface area contributed by atoms with Gasteiger partial charge in [0.15, 0.2) is 0 Å². The molecule has 3 amide bonds. The number of likely N-dealkylation sites (tertiary alicyclic amines) is 1. The number of rotatable bonds is 5. The third-order valence-electron chi connectivity index (χ3n) is 6.30. The average Bonchev–Trinajstić information content (AvgIpc) is 2.75. The molecule has 9 heteroatoms. The highest BCUT2D eigenvalue weighted by atomic mass is 19.1. The summed E-state index contributed by atoms with van der Waals surface area (Å²) in [6, 6.07) is 2.25. The molecule has 0 saturated carbocycles. The summed E-state index contributed by atoms with van der Waals surface area (Å²) in [4.78, 5) is 42.1. The van der Waals surface area contributed by atoms with Crippen molar-refractivity contribution in [2.24, 2.45) is 11.8 Å². The topological polar surface area (TPSA) is 79.0 Å². The van der Waals surface area contributed by atoms with Gasteiger partial charge in [-0.25, -0.2) is 8.78 Å². The molecule has 7 nitrogen and oxygen atoms in total. The Bertz CT molecular complexity index is 856. The number of carbonyl (C=O) groups excluding carboxylic acids is 3. The number of hydrogen-bond donors (Lipinski definition) is 1. The Hall–Kier alpha value is -2.55. The second-order valence-corrected chi connectivity index (χ2v) is 9.39. The molecular formula is C24H33F2N3O4. The van der Waals surface area contributed by atoms with Crippen LogP contribution in [0.4, 0.5) is 8.78 Å². The molecule has 2 unspecified atom stereocenters. The standard InChI is InChI=1S/C24H33F2N3O4/c1-14(2)21(27-22(30)20-18(25)6-5-7-19(20)26)24(32)28-10-8-17(9-11-28)23(31)29-12-15(3)33-16(4)13-29/h5-7,14-17,21H,8-13H2,1-4H3,(H,27,30)/t15?,16?,21-/m0/s1. The molecule has 1 aromatic rings. The van der Waals surface area contributed by atoms with Gasteiger partial charge in [-0.15, -0.1) is 0 Å². The lowest BCUT2D eigenvalue weighted by atomic mass is 9.93. The number of piperidine rings is 1. The van der Waals surface area contributed by atoms with E-state index >= 15 is 0 Å². The van der Waals surface area contributed by atoms with Crippen LogP contribution in [0.15, 0.2) is 18.2 Å². The lowest BCUT2D eigenvalue weighted by Crippen LogP contribution is -2.55. The minimum Gasteiger partial charge on any atom is -0.372 e. The number of nitrogens with zero attached hydrogens (tertiary/aromatic N) is 2. The van der Waals surface area contributed by atoms with Crippen molar-refractivity contribution in [3.05, 3.63) is 35.4 Å². The number of nitrogens with one attached hydrogen (secondary N) is 1. The van der Waals surface area contributed by atoms with Crippen LogP contribution in [-0.2, 0) is 14.3 Å². The lowest BCUT2D eigenvalue weighted by Gasteiger charge is -2.40. The van der Waals surface area contributed by atoms with Gasteiger partial charge in [-0.05, 0) is 44.7 Å². The zero-order valence-electron chi connectivity index (χ0n) is 19.6. The van der Waals surface area contributed by atoms with Crippen molar-refractivity contribution in [3.8, 4) is 0 Å². The van der Waals surface area contributed by atoms with Gasteiger partial charge in [0.25, 0.3) is 5.91 Å². The zero-order chi connectivity index (χ0) is 24.3. The van der Waals surface area contributed by atoms with Crippen LogP contribution >= 0.6 is 0 Å². The maximum atomic E-state index is 14.0. The van der Waals surface area contributed by atoms with E-state index in [1.54, 1.807) is 18.7 Å². The van der Waals surface area contributed by atoms with Crippen LogP contribution in [0.3, 0.4) is 0 Å². The minimum atomic E-state index is -0.978. The first-order valence-electron chi connectivity index (χ1n) is 11.6. The molecule has 2 heterocycles. The van der Waals surface area contributed by atoms with Crippen molar-refractivity contribution < 1.29 is 27.9 Å². The number of hydrogen-bond acceptors (Lipinski definition) is 4. The molecule has 0 bridgehead atoms. The van der Waals surface area contributed by atoms with E-state index in [4.69, 9.17) is 4.74 Å². The Labute approximate surface area is 193 Å². The van der Waals surface area contributed by atoms with Crippen LogP contribution < -0.4 is 5.32 Å². The van der Waals surface area contributed by atoms with E-state index in [-0.39, 0.29) is 35.9 Å². The Morgan fingerprint density at radius 1 is 1.00 bits per heavy atom. The molecule has 1 aromatic carbocycles. The summed E-state index contributed by atoms with van der Waals surface area (Å²) in [5.74, 6) is -3.58. The molecule has 1 N–H and O–H groups in total. The van der Waals surface area contributed by atoms with Crippen molar-refractivity contribution in [2.75, 3.05) is 26.2 Å². The van der Waals surface area contributed by atoms with E-state index in [0.717, 1.165) is 12.1 Å². The first-order chi connectivity index (χ1) is 15.6. The molecule has 0 radical (unpaired) electrons. The molecule has 2 saturated heterocycles. The Balaban J connectivity index is 1.60. The van der Waals surface area contributed by atoms with Crippen molar-refractivity contribution in [1.82, 2.24) is 15.1 Å². The normalized spacial score (nSPS) is 22.9. The van der Waals surface area contributed by atoms with Gasteiger partial charge in [-0.1, -0.05) is 19.9 Å².